The van der Waals surface area contributed by atoms with Gasteiger partial charge >= 0.3 is 0 Å². The van der Waals surface area contributed by atoms with Crippen LogP contribution in [0.5, 0.6) is 0 Å². The Morgan fingerprint density at radius 2 is 2.04 bits per heavy atom. The highest BCUT2D eigenvalue weighted by atomic mass is 32.1. The lowest BCUT2D eigenvalue weighted by molar-refractivity contribution is 0.0976. The molecule has 0 aliphatic carbocycles. The molecule has 3 rings (SSSR count). The largest absolute Gasteiger partial charge is 0.309 e. The third-order valence-electron chi connectivity index (χ3n) is 4.66. The molecule has 6 nitrogen and oxygen atoms in total. The summed E-state index contributed by atoms with van der Waals surface area (Å²) in [6.45, 7) is 5.60. The fourth-order valence-corrected chi connectivity index (χ4v) is 4.24. The van der Waals surface area contributed by atoms with Crippen LogP contribution >= 0.6 is 11.3 Å². The molecule has 7 heteroatoms. The third kappa shape index (κ3) is 4.04. The molecule has 27 heavy (non-hydrogen) atoms. The fourth-order valence-electron chi connectivity index (χ4n) is 3.21. The molecule has 0 aliphatic heterocycles. The Bertz CT molecular complexity index is 924. The molecule has 0 atom stereocenters. The molecule has 0 bridgehead atoms. The lowest BCUT2D eigenvalue weighted by Crippen LogP contribution is -2.35. The van der Waals surface area contributed by atoms with E-state index in [1.807, 2.05) is 33.0 Å². The SMILES string of the molecule is CCc1cccc2sc(N(CCCN(C)C)C(=O)c3c(C)cnn3C)nc12. The number of benzene rings is 1. The number of thiazole rings is 1. The van der Waals surface area contributed by atoms with E-state index in [9.17, 15) is 4.79 Å². The maximum Gasteiger partial charge on any atom is 0.278 e. The summed E-state index contributed by atoms with van der Waals surface area (Å²) in [6.07, 6.45) is 3.54. The van der Waals surface area contributed by atoms with Crippen molar-refractivity contribution in [3.05, 3.63) is 41.2 Å². The number of anilines is 1. The minimum absolute atomic E-state index is 0.0386. The van der Waals surface area contributed by atoms with E-state index >= 15 is 0 Å². The first-order valence-electron chi connectivity index (χ1n) is 9.26. The summed E-state index contributed by atoms with van der Waals surface area (Å²) in [7, 11) is 5.90. The average Bonchev–Trinajstić information content (AvgIpc) is 3.20. The number of aryl methyl sites for hydroxylation is 3. The minimum atomic E-state index is -0.0386. The van der Waals surface area contributed by atoms with Gasteiger partial charge in [0.15, 0.2) is 5.13 Å². The number of fused-ring (bicyclic) bond motifs is 1. The van der Waals surface area contributed by atoms with Gasteiger partial charge in [-0.25, -0.2) is 4.98 Å². The van der Waals surface area contributed by atoms with Gasteiger partial charge in [0.05, 0.1) is 16.4 Å². The summed E-state index contributed by atoms with van der Waals surface area (Å²) >= 11 is 1.58. The molecule has 0 N–H and O–H groups in total. The van der Waals surface area contributed by atoms with Crippen LogP contribution in [-0.4, -0.2) is 52.8 Å². The Hall–Kier alpha value is -2.25. The van der Waals surface area contributed by atoms with E-state index in [-0.39, 0.29) is 5.91 Å². The molecule has 0 spiro atoms. The number of rotatable bonds is 7. The molecular weight excluding hydrogens is 358 g/mol. The molecule has 0 aliphatic rings. The monoisotopic (exact) mass is 385 g/mol. The summed E-state index contributed by atoms with van der Waals surface area (Å²) in [5.41, 5.74) is 3.73. The number of para-hydroxylation sites is 1. The van der Waals surface area contributed by atoms with Gasteiger partial charge in [-0.15, -0.1) is 0 Å². The number of nitrogens with zero attached hydrogens (tertiary/aromatic N) is 5. The van der Waals surface area contributed by atoms with Crippen LogP contribution in [0.2, 0.25) is 0 Å². The highest BCUT2D eigenvalue weighted by Gasteiger charge is 2.25. The summed E-state index contributed by atoms with van der Waals surface area (Å²) in [5.74, 6) is -0.0386. The van der Waals surface area contributed by atoms with Crippen LogP contribution in [0.3, 0.4) is 0 Å². The van der Waals surface area contributed by atoms with Crippen molar-refractivity contribution in [1.82, 2.24) is 19.7 Å². The maximum absolute atomic E-state index is 13.4. The summed E-state index contributed by atoms with van der Waals surface area (Å²) in [5, 5.41) is 5.00. The smallest absolute Gasteiger partial charge is 0.278 e. The Morgan fingerprint density at radius 3 is 2.67 bits per heavy atom. The first-order chi connectivity index (χ1) is 12.9. The van der Waals surface area contributed by atoms with Crippen molar-refractivity contribution in [1.29, 1.82) is 0 Å². The van der Waals surface area contributed by atoms with Gasteiger partial charge in [0.1, 0.15) is 5.69 Å². The van der Waals surface area contributed by atoms with Crippen molar-refractivity contribution in [3.63, 3.8) is 0 Å². The molecule has 1 amide bonds. The van der Waals surface area contributed by atoms with Crippen LogP contribution in [-0.2, 0) is 13.5 Å². The Kier molecular flexibility index (Phi) is 5.92. The van der Waals surface area contributed by atoms with Crippen LogP contribution in [0.4, 0.5) is 5.13 Å². The van der Waals surface area contributed by atoms with Gasteiger partial charge in [-0.2, -0.15) is 5.10 Å². The van der Waals surface area contributed by atoms with Gasteiger partial charge in [0.2, 0.25) is 0 Å². The third-order valence-corrected chi connectivity index (χ3v) is 5.70. The lowest BCUT2D eigenvalue weighted by Gasteiger charge is -2.21. The van der Waals surface area contributed by atoms with Crippen LogP contribution in [0.1, 0.15) is 35.0 Å². The molecular formula is C20H27N5OS. The topological polar surface area (TPSA) is 54.3 Å². The van der Waals surface area contributed by atoms with Crippen molar-refractivity contribution in [2.75, 3.05) is 32.1 Å². The molecule has 144 valence electrons. The number of aromatic nitrogens is 3. The highest BCUT2D eigenvalue weighted by Crippen LogP contribution is 2.32. The molecule has 0 saturated heterocycles. The van der Waals surface area contributed by atoms with E-state index in [0.717, 1.165) is 40.3 Å². The molecule has 0 fully saturated rings. The molecule has 2 aromatic heterocycles. The summed E-state index contributed by atoms with van der Waals surface area (Å²) < 4.78 is 2.78. The van der Waals surface area contributed by atoms with Gasteiger partial charge in [0.25, 0.3) is 5.91 Å². The van der Waals surface area contributed by atoms with Crippen molar-refractivity contribution in [2.24, 2.45) is 7.05 Å². The van der Waals surface area contributed by atoms with Crippen molar-refractivity contribution in [2.45, 2.75) is 26.7 Å². The second kappa shape index (κ2) is 8.19. The van der Waals surface area contributed by atoms with Crippen LogP contribution in [0, 0.1) is 6.92 Å². The van der Waals surface area contributed by atoms with E-state index < -0.39 is 0 Å². The minimum Gasteiger partial charge on any atom is -0.309 e. The normalized spacial score (nSPS) is 11.5. The van der Waals surface area contributed by atoms with Crippen molar-refractivity contribution < 1.29 is 4.79 Å². The molecule has 3 aromatic rings. The number of carbonyl (C=O) groups is 1. The second-order valence-electron chi connectivity index (χ2n) is 7.03. The molecule has 0 unspecified atom stereocenters. The zero-order valence-corrected chi connectivity index (χ0v) is 17.5. The van der Waals surface area contributed by atoms with Gasteiger partial charge in [-0.05, 0) is 57.6 Å². The Morgan fingerprint density at radius 1 is 1.26 bits per heavy atom. The summed E-state index contributed by atoms with van der Waals surface area (Å²) in [4.78, 5) is 22.2. The van der Waals surface area contributed by atoms with E-state index in [0.29, 0.717) is 12.2 Å². The number of amides is 1. The standard InChI is InChI=1S/C20H27N5OS/c1-6-15-9-7-10-16-17(15)22-20(27-16)25(12-8-11-23(3)4)19(26)18-14(2)13-21-24(18)5/h7,9-10,13H,6,8,11-12H2,1-5H3. The van der Waals surface area contributed by atoms with Gasteiger partial charge < -0.3 is 4.90 Å². The first kappa shape index (κ1) is 19.5. The Balaban J connectivity index is 2.00. The predicted molar refractivity (Wildman–Crippen MR) is 112 cm³/mol. The van der Waals surface area contributed by atoms with E-state index in [2.05, 4.69) is 35.1 Å². The predicted octanol–water partition coefficient (Wildman–Crippen LogP) is 3.50. The summed E-state index contributed by atoms with van der Waals surface area (Å²) in [6, 6.07) is 6.25. The first-order valence-corrected chi connectivity index (χ1v) is 10.1. The molecule has 0 saturated carbocycles. The maximum atomic E-state index is 13.4. The van der Waals surface area contributed by atoms with Crippen molar-refractivity contribution in [3.8, 4) is 0 Å². The number of hydrogen-bond donors (Lipinski definition) is 0. The lowest BCUT2D eigenvalue weighted by atomic mass is 10.1. The van der Waals surface area contributed by atoms with E-state index in [1.165, 1.54) is 5.56 Å². The number of carbonyl (C=O) groups excluding carboxylic acids is 1. The van der Waals surface area contributed by atoms with Gasteiger partial charge in [-0.1, -0.05) is 30.4 Å². The van der Waals surface area contributed by atoms with E-state index in [1.54, 1.807) is 22.2 Å². The van der Waals surface area contributed by atoms with E-state index in [4.69, 9.17) is 4.98 Å². The van der Waals surface area contributed by atoms with Crippen molar-refractivity contribution >= 4 is 32.6 Å². The average molecular weight is 386 g/mol. The molecule has 0 radical (unpaired) electrons. The van der Waals surface area contributed by atoms with Crippen LogP contribution < -0.4 is 4.90 Å². The van der Waals surface area contributed by atoms with Gasteiger partial charge in [-0.3, -0.25) is 14.4 Å². The molecule has 2 heterocycles. The zero-order valence-electron chi connectivity index (χ0n) is 16.7. The fraction of sp³-hybridized carbons (Fsp3) is 0.450. The van der Waals surface area contributed by atoms with Gasteiger partial charge in [0, 0.05) is 13.6 Å². The van der Waals surface area contributed by atoms with Crippen LogP contribution in [0.25, 0.3) is 10.2 Å². The Labute approximate surface area is 164 Å². The molecule has 1 aromatic carbocycles. The quantitative estimate of drug-likeness (QED) is 0.625. The number of hydrogen-bond acceptors (Lipinski definition) is 5. The second-order valence-corrected chi connectivity index (χ2v) is 8.04. The van der Waals surface area contributed by atoms with Crippen LogP contribution in [0.15, 0.2) is 24.4 Å². The zero-order chi connectivity index (χ0) is 19.6. The highest BCUT2D eigenvalue weighted by molar-refractivity contribution is 7.22.